The van der Waals surface area contributed by atoms with Crippen LogP contribution in [0.3, 0.4) is 0 Å². The Morgan fingerprint density at radius 1 is 0.750 bits per heavy atom. The van der Waals surface area contributed by atoms with Gasteiger partial charge in [-0.3, -0.25) is 0 Å². The Balaban J connectivity index is 1.42. The molecule has 0 amide bonds. The zero-order valence-corrected chi connectivity index (χ0v) is 24.9. The van der Waals surface area contributed by atoms with E-state index in [1.54, 1.807) is 18.2 Å². The summed E-state index contributed by atoms with van der Waals surface area (Å²) in [5.74, 6) is 0.627. The van der Waals surface area contributed by atoms with Crippen molar-refractivity contribution in [2.45, 2.75) is 30.6 Å². The molecule has 0 saturated carbocycles. The van der Waals surface area contributed by atoms with E-state index in [-0.39, 0.29) is 4.90 Å². The third-order valence-electron chi connectivity index (χ3n) is 8.96. The van der Waals surface area contributed by atoms with Crippen molar-refractivity contribution in [2.24, 2.45) is 0 Å². The number of aryl methyl sites for hydroxylation is 2. The number of nitrogens with zero attached hydrogens (tertiary/aromatic N) is 2. The molecule has 0 saturated heterocycles. The first-order valence-electron chi connectivity index (χ1n) is 15.1. The molecule has 3 aliphatic heterocycles. The summed E-state index contributed by atoms with van der Waals surface area (Å²) in [7, 11) is -4.73. The molecule has 0 N–H and O–H groups in total. The molecule has 0 radical (unpaired) electrons. The van der Waals surface area contributed by atoms with E-state index in [1.165, 1.54) is 28.6 Å². The normalized spacial score (nSPS) is 16.2. The highest BCUT2D eigenvalue weighted by atomic mass is 32.2. The van der Waals surface area contributed by atoms with Crippen LogP contribution in [0.25, 0.3) is 33.4 Å². The maximum Gasteiger partial charge on any atom is 0.209 e. The third kappa shape index (κ3) is 4.51. The molecule has 0 atom stereocenters. The van der Waals surface area contributed by atoms with E-state index in [9.17, 15) is 13.0 Å². The monoisotopic (exact) mass is 598 g/mol. The molecule has 4 aromatic rings. The molecular formula is C37H30N2O4S. The Labute approximate surface area is 256 Å². The molecule has 4 aliphatic rings. The molecule has 0 bridgehead atoms. The largest absolute Gasteiger partial charge is 0.744 e. The number of anilines is 2. The molecule has 3 heterocycles. The van der Waals surface area contributed by atoms with Crippen molar-refractivity contribution in [1.29, 1.82) is 0 Å². The molecule has 0 unspecified atom stereocenters. The minimum absolute atomic E-state index is 0.239. The van der Waals surface area contributed by atoms with E-state index in [1.807, 2.05) is 24.3 Å². The van der Waals surface area contributed by atoms with Crippen molar-refractivity contribution in [3.05, 3.63) is 126 Å². The highest BCUT2D eigenvalue weighted by Crippen LogP contribution is 2.44. The van der Waals surface area contributed by atoms with Gasteiger partial charge in [0.05, 0.1) is 11.0 Å². The van der Waals surface area contributed by atoms with E-state index in [0.717, 1.165) is 60.8 Å². The standard InChI is InChI=1S/C37H30N2O4S/c40-44(41,42)36-16-6-3-13-31(36)37-29-19-17-27(38-21-7-11-25-9-1-4-14-32(25)38)23-34(29)43-35-24-28(18-20-30(35)37)39-22-8-12-26-10-2-5-15-33(26)39/h1-6,9-10,13-20,23-24H,7-8,11-12,21-22H2. The summed E-state index contributed by atoms with van der Waals surface area (Å²) in [6.07, 6.45) is 4.18. The van der Waals surface area contributed by atoms with Gasteiger partial charge in [0.15, 0.2) is 0 Å². The zero-order chi connectivity index (χ0) is 29.8. The molecule has 7 heteroatoms. The Hall–Kier alpha value is -4.72. The predicted molar refractivity (Wildman–Crippen MR) is 173 cm³/mol. The van der Waals surface area contributed by atoms with Gasteiger partial charge < -0.3 is 13.9 Å². The van der Waals surface area contributed by atoms with Crippen LogP contribution < -0.4 is 14.8 Å². The topological polar surface area (TPSA) is 76.6 Å². The molecule has 0 aromatic heterocycles. The zero-order valence-electron chi connectivity index (χ0n) is 24.1. The average molecular weight is 599 g/mol. The average Bonchev–Trinajstić information content (AvgIpc) is 3.06. The second-order valence-corrected chi connectivity index (χ2v) is 12.9. The number of benzene rings is 5. The van der Waals surface area contributed by atoms with Gasteiger partial charge in [-0.2, -0.15) is 4.58 Å². The van der Waals surface area contributed by atoms with Crippen LogP contribution in [0.1, 0.15) is 24.0 Å². The molecule has 0 spiro atoms. The Bertz CT molecular complexity index is 2240. The highest BCUT2D eigenvalue weighted by Gasteiger charge is 2.26. The second-order valence-electron chi connectivity index (χ2n) is 11.6. The SMILES string of the molecule is O=S(=O)([O-])c1ccccc1-c1c2ccc(=[N+]3CCCc4ccccc43)cc-2oc2cc(N3CCCc4ccccc43)ccc12. The number of hydrogen-bond acceptors (Lipinski definition) is 5. The quantitative estimate of drug-likeness (QED) is 0.122. The van der Waals surface area contributed by atoms with Gasteiger partial charge in [-0.05, 0) is 55.2 Å². The first kappa shape index (κ1) is 26.9. The van der Waals surface area contributed by atoms with Gasteiger partial charge >= 0.3 is 0 Å². The van der Waals surface area contributed by atoms with Crippen molar-refractivity contribution in [1.82, 2.24) is 4.58 Å². The summed E-state index contributed by atoms with van der Waals surface area (Å²) >= 11 is 0. The molecule has 4 aromatic carbocycles. The van der Waals surface area contributed by atoms with Crippen LogP contribution in [0, 0.1) is 0 Å². The fourth-order valence-electron chi connectivity index (χ4n) is 6.99. The Morgan fingerprint density at radius 3 is 2.41 bits per heavy atom. The van der Waals surface area contributed by atoms with Gasteiger partial charge in [0.25, 0.3) is 0 Å². The van der Waals surface area contributed by atoms with E-state index < -0.39 is 10.1 Å². The van der Waals surface area contributed by atoms with E-state index in [2.05, 4.69) is 70.1 Å². The van der Waals surface area contributed by atoms with Crippen molar-refractivity contribution >= 4 is 38.1 Å². The summed E-state index contributed by atoms with van der Waals surface area (Å²) in [6.45, 7) is 1.78. The van der Waals surface area contributed by atoms with E-state index in [0.29, 0.717) is 22.5 Å². The molecule has 0 fully saturated rings. The maximum atomic E-state index is 12.5. The molecular weight excluding hydrogens is 568 g/mol. The number of hydrogen-bond donors (Lipinski definition) is 0. The van der Waals surface area contributed by atoms with Crippen molar-refractivity contribution < 1.29 is 17.4 Å². The molecule has 8 rings (SSSR count). The predicted octanol–water partition coefficient (Wildman–Crippen LogP) is 7.24. The summed E-state index contributed by atoms with van der Waals surface area (Å²) in [6, 6.07) is 35.6. The molecule has 44 heavy (non-hydrogen) atoms. The smallest absolute Gasteiger partial charge is 0.209 e. The lowest BCUT2D eigenvalue weighted by Crippen LogP contribution is -2.30. The summed E-state index contributed by atoms with van der Waals surface area (Å²) in [5.41, 5.74) is 8.44. The number of fused-ring (bicyclic) bond motifs is 4. The molecule has 6 nitrogen and oxygen atoms in total. The van der Waals surface area contributed by atoms with Gasteiger partial charge in [-0.1, -0.05) is 54.6 Å². The minimum atomic E-state index is -4.73. The molecule has 1 aliphatic carbocycles. The maximum absolute atomic E-state index is 12.5. The lowest BCUT2D eigenvalue weighted by atomic mass is 9.93. The number of para-hydroxylation sites is 2. The van der Waals surface area contributed by atoms with Gasteiger partial charge in [0.1, 0.15) is 28.0 Å². The van der Waals surface area contributed by atoms with Crippen LogP contribution in [0.5, 0.6) is 0 Å². The van der Waals surface area contributed by atoms with E-state index in [4.69, 9.17) is 4.42 Å². The summed E-state index contributed by atoms with van der Waals surface area (Å²) in [4.78, 5) is 2.08. The van der Waals surface area contributed by atoms with E-state index >= 15 is 0 Å². The van der Waals surface area contributed by atoms with Crippen LogP contribution in [0.15, 0.2) is 119 Å². The van der Waals surface area contributed by atoms with Crippen molar-refractivity contribution in [3.63, 3.8) is 0 Å². The summed E-state index contributed by atoms with van der Waals surface area (Å²) < 4.78 is 46.4. The first-order chi connectivity index (χ1) is 21.5. The van der Waals surface area contributed by atoms with Gasteiger partial charge in [-0.25, -0.2) is 8.42 Å². The van der Waals surface area contributed by atoms with Gasteiger partial charge in [-0.15, -0.1) is 0 Å². The fourth-order valence-corrected chi connectivity index (χ4v) is 7.67. The second kappa shape index (κ2) is 10.5. The third-order valence-corrected chi connectivity index (χ3v) is 9.85. The first-order valence-corrected chi connectivity index (χ1v) is 16.5. The lowest BCUT2D eigenvalue weighted by Gasteiger charge is -2.31. The van der Waals surface area contributed by atoms with Crippen LogP contribution in [-0.4, -0.2) is 26.1 Å². The highest BCUT2D eigenvalue weighted by molar-refractivity contribution is 7.85. The fraction of sp³-hybridized carbons (Fsp3) is 0.162. The summed E-state index contributed by atoms with van der Waals surface area (Å²) in [5, 5.41) is 1.75. The van der Waals surface area contributed by atoms with Crippen molar-refractivity contribution in [3.8, 4) is 22.5 Å². The number of rotatable bonds is 3. The Kier molecular flexibility index (Phi) is 6.40. The van der Waals surface area contributed by atoms with Crippen molar-refractivity contribution in [2.75, 3.05) is 18.0 Å². The van der Waals surface area contributed by atoms with Crippen LogP contribution in [0.2, 0.25) is 0 Å². The van der Waals surface area contributed by atoms with Gasteiger partial charge in [0.2, 0.25) is 11.0 Å². The van der Waals surface area contributed by atoms with Crippen LogP contribution in [0.4, 0.5) is 17.1 Å². The Morgan fingerprint density at radius 2 is 1.52 bits per heavy atom. The van der Waals surface area contributed by atoms with Crippen LogP contribution >= 0.6 is 0 Å². The lowest BCUT2D eigenvalue weighted by molar-refractivity contribution is 0.463. The molecule has 218 valence electrons. The van der Waals surface area contributed by atoms with Gasteiger partial charge in [0, 0.05) is 70.2 Å². The minimum Gasteiger partial charge on any atom is -0.744 e. The van der Waals surface area contributed by atoms with Crippen LogP contribution in [-0.2, 0) is 23.0 Å².